The molecule has 3 aromatic rings. The van der Waals surface area contributed by atoms with Crippen molar-refractivity contribution in [2.75, 3.05) is 0 Å². The minimum atomic E-state index is -2.70. The van der Waals surface area contributed by atoms with Crippen molar-refractivity contribution in [3.05, 3.63) is 111 Å². The summed E-state index contributed by atoms with van der Waals surface area (Å²) in [5.41, 5.74) is 12.7. The van der Waals surface area contributed by atoms with Gasteiger partial charge in [-0.15, -0.1) is 6.92 Å². The van der Waals surface area contributed by atoms with E-state index < -0.39 is 8.07 Å². The molecule has 0 N–H and O–H groups in total. The van der Waals surface area contributed by atoms with Gasteiger partial charge in [0.2, 0.25) is 0 Å². The Morgan fingerprint density at radius 1 is 0.703 bits per heavy atom. The van der Waals surface area contributed by atoms with Crippen molar-refractivity contribution < 1.29 is 21.7 Å². The molecule has 4 rings (SSSR count). The van der Waals surface area contributed by atoms with Crippen LogP contribution in [0, 0.1) is 33.8 Å². The zero-order valence-electron chi connectivity index (χ0n) is 24.6. The minimum absolute atomic E-state index is 0. The van der Waals surface area contributed by atoms with Crippen LogP contribution in [0.4, 0.5) is 0 Å². The number of hydrogen-bond donors (Lipinski definition) is 0. The van der Waals surface area contributed by atoms with Gasteiger partial charge in [-0.2, -0.15) is 11.1 Å². The largest absolute Gasteiger partial charge is 0.265 e. The molecule has 1 unspecified atom stereocenters. The van der Waals surface area contributed by atoms with Crippen molar-refractivity contribution >= 4 is 23.6 Å². The third-order valence-electron chi connectivity index (χ3n) is 9.38. The third-order valence-corrected chi connectivity index (χ3v) is 15.2. The molecule has 0 aliphatic heterocycles. The van der Waals surface area contributed by atoms with E-state index in [2.05, 4.69) is 130 Å². The summed E-state index contributed by atoms with van der Waals surface area (Å²) in [6.07, 6.45) is 6.24. The van der Waals surface area contributed by atoms with Crippen molar-refractivity contribution in [1.82, 2.24) is 0 Å². The second kappa shape index (κ2) is 11.1. The first-order valence-corrected chi connectivity index (χ1v) is 15.6. The molecular formula is C35H43SiTi-. The molecule has 0 nitrogen and oxygen atoms in total. The van der Waals surface area contributed by atoms with E-state index in [0.717, 1.165) is 12.8 Å². The maximum atomic E-state index is 4.14. The summed E-state index contributed by atoms with van der Waals surface area (Å²) < 4.78 is 0. The first kappa shape index (κ1) is 29.6. The van der Waals surface area contributed by atoms with Crippen LogP contribution in [0.2, 0.25) is 5.04 Å². The Bertz CT molecular complexity index is 1320. The fourth-order valence-electron chi connectivity index (χ4n) is 6.58. The van der Waals surface area contributed by atoms with Gasteiger partial charge in [0.05, 0.1) is 0 Å². The fourth-order valence-corrected chi connectivity index (χ4v) is 13.3. The average molecular weight is 540 g/mol. The van der Waals surface area contributed by atoms with E-state index in [1.807, 2.05) is 0 Å². The van der Waals surface area contributed by atoms with E-state index in [1.165, 1.54) is 65.7 Å². The van der Waals surface area contributed by atoms with Crippen molar-refractivity contribution in [3.63, 3.8) is 0 Å². The van der Waals surface area contributed by atoms with Crippen LogP contribution >= 0.6 is 0 Å². The minimum Gasteiger partial charge on any atom is -0.265 e. The second-order valence-corrected chi connectivity index (χ2v) is 15.3. The van der Waals surface area contributed by atoms with Crippen LogP contribution in [0.25, 0.3) is 0 Å². The molecule has 192 valence electrons. The molecule has 1 atom stereocenters. The fraction of sp³-hybridized carbons (Fsp3) is 0.371. The Morgan fingerprint density at radius 3 is 1.54 bits per heavy atom. The molecule has 0 saturated carbocycles. The first-order valence-electron chi connectivity index (χ1n) is 13.6. The number of rotatable bonds is 6. The van der Waals surface area contributed by atoms with E-state index in [-0.39, 0.29) is 26.8 Å². The molecule has 3 aromatic carbocycles. The van der Waals surface area contributed by atoms with Gasteiger partial charge in [0.15, 0.2) is 0 Å². The Labute approximate surface area is 242 Å². The molecule has 2 heteroatoms. The zero-order chi connectivity index (χ0) is 26.4. The normalized spacial score (nSPS) is 17.6. The second-order valence-electron chi connectivity index (χ2n) is 11.1. The van der Waals surface area contributed by atoms with E-state index in [0.29, 0.717) is 0 Å². The van der Waals surface area contributed by atoms with Gasteiger partial charge in [0.25, 0.3) is 0 Å². The average Bonchev–Trinajstić information content (AvgIpc) is 3.07. The van der Waals surface area contributed by atoms with E-state index in [1.54, 1.807) is 0 Å². The van der Waals surface area contributed by atoms with Crippen LogP contribution in [-0.4, -0.2) is 8.07 Å². The van der Waals surface area contributed by atoms with Gasteiger partial charge in [-0.25, -0.2) is 5.57 Å². The summed E-state index contributed by atoms with van der Waals surface area (Å²) in [6, 6.07) is 21.5. The van der Waals surface area contributed by atoms with Crippen molar-refractivity contribution in [1.29, 1.82) is 0 Å². The Morgan fingerprint density at radius 2 is 1.16 bits per heavy atom. The van der Waals surface area contributed by atoms with Crippen LogP contribution in [-0.2, 0) is 34.6 Å². The molecule has 0 spiro atoms. The van der Waals surface area contributed by atoms with E-state index in [4.69, 9.17) is 0 Å². The summed E-state index contributed by atoms with van der Waals surface area (Å²) >= 11 is 0. The van der Waals surface area contributed by atoms with E-state index >= 15 is 0 Å². The molecule has 0 radical (unpaired) electrons. The molecule has 1 aliphatic carbocycles. The third kappa shape index (κ3) is 4.52. The van der Waals surface area contributed by atoms with Crippen LogP contribution in [0.1, 0.15) is 74.9 Å². The molecule has 37 heavy (non-hydrogen) atoms. The quantitative estimate of drug-likeness (QED) is 0.174. The number of hydrogen-bond acceptors (Lipinski definition) is 0. The number of aryl methyl sites for hydroxylation is 4. The number of benzene rings is 3. The van der Waals surface area contributed by atoms with Gasteiger partial charge in [0, 0.05) is 21.7 Å². The first-order chi connectivity index (χ1) is 17.0. The molecule has 0 fully saturated rings. The van der Waals surface area contributed by atoms with Crippen molar-refractivity contribution in [2.24, 2.45) is 0 Å². The summed E-state index contributed by atoms with van der Waals surface area (Å²) in [6.45, 7) is 23.3. The topological polar surface area (TPSA) is 0 Å². The maximum Gasteiger partial charge on any atom is 0.143 e. The summed E-state index contributed by atoms with van der Waals surface area (Å²) in [4.78, 5) is 0. The van der Waals surface area contributed by atoms with Crippen LogP contribution < -0.4 is 15.6 Å². The van der Waals surface area contributed by atoms with Gasteiger partial charge < -0.3 is 0 Å². The van der Waals surface area contributed by atoms with E-state index in [9.17, 15) is 0 Å². The van der Waals surface area contributed by atoms with Crippen LogP contribution in [0.15, 0.2) is 71.3 Å². The number of allylic oxidation sites excluding steroid dienone is 4. The predicted molar refractivity (Wildman–Crippen MR) is 161 cm³/mol. The Hall–Kier alpha value is -1.93. The van der Waals surface area contributed by atoms with Crippen LogP contribution in [0.5, 0.6) is 0 Å². The predicted octanol–water partition coefficient (Wildman–Crippen LogP) is 7.37. The van der Waals surface area contributed by atoms with Crippen molar-refractivity contribution in [3.8, 4) is 0 Å². The molecule has 0 amide bonds. The molecule has 0 heterocycles. The maximum absolute atomic E-state index is 4.14. The summed E-state index contributed by atoms with van der Waals surface area (Å²) in [5, 5.41) is 4.39. The smallest absolute Gasteiger partial charge is 0.143 e. The van der Waals surface area contributed by atoms with Gasteiger partial charge in [-0.1, -0.05) is 94.3 Å². The van der Waals surface area contributed by atoms with Gasteiger partial charge in [0.1, 0.15) is 8.07 Å². The Balaban J connectivity index is 0.00000380. The molecule has 0 aromatic heterocycles. The SMILES string of the molecule is CCc1cc(CC)cc([Si](c2cccc(C)c2C)(c2cccc(C)c2C)C2(C)[C-]=C(C)C(C)=C2C)c1.[Ti]. The molecule has 1 aliphatic rings. The molecular weight excluding hydrogens is 496 g/mol. The van der Waals surface area contributed by atoms with Gasteiger partial charge in [-0.3, -0.25) is 6.08 Å². The van der Waals surface area contributed by atoms with Crippen molar-refractivity contribution in [2.45, 2.75) is 87.1 Å². The Kier molecular flexibility index (Phi) is 8.85. The standard InChI is InChI=1S/C35H43Si.Ti/c1-11-30-19-31(12-2)21-32(20-30)36(33-17-13-15-23(3)27(33)7,34-18-14-16-24(4)28(34)8)35(10)22-25(5)26(6)29(35)9;/h13-21H,11-12H2,1-10H3;/q-1;. The van der Waals surface area contributed by atoms with Gasteiger partial charge >= 0.3 is 0 Å². The monoisotopic (exact) mass is 539 g/mol. The van der Waals surface area contributed by atoms with Crippen LogP contribution in [0.3, 0.4) is 0 Å². The molecule has 0 bridgehead atoms. The summed E-state index contributed by atoms with van der Waals surface area (Å²) in [5.74, 6) is 0. The molecule has 0 saturated heterocycles. The summed E-state index contributed by atoms with van der Waals surface area (Å²) in [7, 11) is -2.70. The van der Waals surface area contributed by atoms with Gasteiger partial charge in [-0.05, 0) is 89.5 Å². The zero-order valence-corrected chi connectivity index (χ0v) is 27.2.